The zero-order chi connectivity index (χ0) is 13.1. The highest BCUT2D eigenvalue weighted by atomic mass is 16.5. The van der Waals surface area contributed by atoms with Gasteiger partial charge in [0.25, 0.3) is 5.89 Å². The van der Waals surface area contributed by atoms with Crippen LogP contribution in [0.15, 0.2) is 22.7 Å². The number of hydrogen-bond acceptors (Lipinski definition) is 5. The van der Waals surface area contributed by atoms with Gasteiger partial charge in [-0.05, 0) is 26.0 Å². The Morgan fingerprint density at radius 1 is 1.44 bits per heavy atom. The summed E-state index contributed by atoms with van der Waals surface area (Å²) in [6, 6.07) is 5.72. The molecule has 0 amide bonds. The summed E-state index contributed by atoms with van der Waals surface area (Å²) in [5, 5.41) is 3.93. The van der Waals surface area contributed by atoms with Gasteiger partial charge in [0.05, 0.1) is 11.7 Å². The van der Waals surface area contributed by atoms with Crippen LogP contribution in [0.4, 0.5) is 5.69 Å². The van der Waals surface area contributed by atoms with Crippen LogP contribution >= 0.6 is 0 Å². The fraction of sp³-hybridized carbons (Fsp3) is 0.385. The second-order valence-corrected chi connectivity index (χ2v) is 4.36. The molecule has 1 aromatic carbocycles. The Bertz CT molecular complexity index is 537. The lowest BCUT2D eigenvalue weighted by Crippen LogP contribution is -2.09. The summed E-state index contributed by atoms with van der Waals surface area (Å²) in [6.45, 7) is 3.95. The average molecular weight is 247 g/mol. The number of aryl methyl sites for hydroxylation is 1. The molecular formula is C13H17N3O2. The molecule has 5 nitrogen and oxygen atoms in total. The normalized spacial score (nSPS) is 12.6. The summed E-state index contributed by atoms with van der Waals surface area (Å²) in [5.74, 6) is 1.08. The number of aromatic nitrogens is 2. The molecular weight excluding hydrogens is 230 g/mol. The molecule has 1 aromatic heterocycles. The highest BCUT2D eigenvalue weighted by Crippen LogP contribution is 2.25. The number of nitrogen functional groups attached to an aromatic ring is 1. The number of nitrogens with two attached hydrogens (primary N) is 1. The molecule has 96 valence electrons. The monoisotopic (exact) mass is 247 g/mol. The average Bonchev–Trinajstić information content (AvgIpc) is 2.80. The van der Waals surface area contributed by atoms with Crippen LogP contribution in [-0.2, 0) is 11.2 Å². The third-order valence-corrected chi connectivity index (χ3v) is 2.78. The predicted octanol–water partition coefficient (Wildman–Crippen LogP) is 2.20. The molecule has 2 aromatic rings. The summed E-state index contributed by atoms with van der Waals surface area (Å²) >= 11 is 0. The molecule has 2 rings (SSSR count). The van der Waals surface area contributed by atoms with Crippen molar-refractivity contribution in [2.45, 2.75) is 26.4 Å². The molecule has 0 saturated heterocycles. The summed E-state index contributed by atoms with van der Waals surface area (Å²) in [4.78, 5) is 4.33. The van der Waals surface area contributed by atoms with E-state index in [9.17, 15) is 0 Å². The Kier molecular flexibility index (Phi) is 3.62. The first kappa shape index (κ1) is 12.6. The van der Waals surface area contributed by atoms with Gasteiger partial charge in [0.2, 0.25) is 0 Å². The maximum absolute atomic E-state index is 5.91. The Labute approximate surface area is 106 Å². The molecule has 0 radical (unpaired) electrons. The van der Waals surface area contributed by atoms with Gasteiger partial charge in [-0.3, -0.25) is 0 Å². The van der Waals surface area contributed by atoms with Crippen molar-refractivity contribution in [2.75, 3.05) is 12.8 Å². The van der Waals surface area contributed by atoms with Gasteiger partial charge >= 0.3 is 0 Å². The molecule has 0 aliphatic rings. The third-order valence-electron chi connectivity index (χ3n) is 2.78. The van der Waals surface area contributed by atoms with E-state index in [0.29, 0.717) is 23.8 Å². The number of nitrogens with zero attached hydrogens (tertiary/aromatic N) is 2. The molecule has 0 bridgehead atoms. The summed E-state index contributed by atoms with van der Waals surface area (Å²) in [6.07, 6.45) is 0.677. The molecule has 0 aliphatic heterocycles. The van der Waals surface area contributed by atoms with Gasteiger partial charge in [0.1, 0.15) is 0 Å². The van der Waals surface area contributed by atoms with E-state index in [-0.39, 0.29) is 6.10 Å². The van der Waals surface area contributed by atoms with Crippen molar-refractivity contribution >= 4 is 5.69 Å². The number of ether oxygens (including phenoxy) is 1. The number of methoxy groups -OCH3 is 1. The number of anilines is 1. The zero-order valence-electron chi connectivity index (χ0n) is 10.8. The first-order chi connectivity index (χ1) is 8.60. The minimum atomic E-state index is 0.0605. The van der Waals surface area contributed by atoms with E-state index in [4.69, 9.17) is 15.0 Å². The lowest BCUT2D eigenvalue weighted by atomic mass is 10.1. The van der Waals surface area contributed by atoms with E-state index < -0.39 is 0 Å². The van der Waals surface area contributed by atoms with Crippen LogP contribution in [0.1, 0.15) is 18.3 Å². The van der Waals surface area contributed by atoms with E-state index >= 15 is 0 Å². The minimum Gasteiger partial charge on any atom is -0.398 e. The van der Waals surface area contributed by atoms with Crippen LogP contribution in [0, 0.1) is 6.92 Å². The Hall–Kier alpha value is -1.88. The maximum atomic E-state index is 5.91. The second kappa shape index (κ2) is 5.18. The van der Waals surface area contributed by atoms with Crippen molar-refractivity contribution in [1.82, 2.24) is 10.1 Å². The number of benzene rings is 1. The largest absolute Gasteiger partial charge is 0.398 e. The molecule has 5 heteroatoms. The van der Waals surface area contributed by atoms with Gasteiger partial charge in [-0.2, -0.15) is 4.98 Å². The second-order valence-electron chi connectivity index (χ2n) is 4.36. The van der Waals surface area contributed by atoms with Crippen LogP contribution in [0.5, 0.6) is 0 Å². The summed E-state index contributed by atoms with van der Waals surface area (Å²) in [7, 11) is 1.66. The van der Waals surface area contributed by atoms with Gasteiger partial charge in [-0.25, -0.2) is 0 Å². The standard InChI is InChI=1S/C13H17N3O2/c1-8-4-5-11(14)10(6-8)13-15-12(16-18-13)7-9(2)17-3/h4-6,9H,7,14H2,1-3H3. The van der Waals surface area contributed by atoms with Crippen molar-refractivity contribution in [2.24, 2.45) is 0 Å². The summed E-state index contributed by atoms with van der Waals surface area (Å²) < 4.78 is 10.4. The van der Waals surface area contributed by atoms with Gasteiger partial charge in [0, 0.05) is 19.2 Å². The van der Waals surface area contributed by atoms with Gasteiger partial charge in [-0.15, -0.1) is 0 Å². The van der Waals surface area contributed by atoms with Gasteiger partial charge < -0.3 is 15.0 Å². The predicted molar refractivity (Wildman–Crippen MR) is 69.1 cm³/mol. The number of hydrogen-bond donors (Lipinski definition) is 1. The van der Waals surface area contributed by atoms with Crippen molar-refractivity contribution in [1.29, 1.82) is 0 Å². The first-order valence-corrected chi connectivity index (χ1v) is 5.82. The quantitative estimate of drug-likeness (QED) is 0.838. The highest BCUT2D eigenvalue weighted by molar-refractivity contribution is 5.70. The third kappa shape index (κ3) is 2.68. The molecule has 0 saturated carbocycles. The molecule has 1 unspecified atom stereocenters. The smallest absolute Gasteiger partial charge is 0.260 e. The molecule has 2 N–H and O–H groups in total. The first-order valence-electron chi connectivity index (χ1n) is 5.82. The van der Waals surface area contributed by atoms with Crippen LogP contribution in [0.3, 0.4) is 0 Å². The van der Waals surface area contributed by atoms with Crippen molar-refractivity contribution in [3.05, 3.63) is 29.6 Å². The fourth-order valence-electron chi connectivity index (χ4n) is 1.64. The van der Waals surface area contributed by atoms with E-state index in [2.05, 4.69) is 10.1 Å². The Morgan fingerprint density at radius 3 is 2.94 bits per heavy atom. The topological polar surface area (TPSA) is 74.2 Å². The van der Waals surface area contributed by atoms with E-state index in [0.717, 1.165) is 11.1 Å². The summed E-state index contributed by atoms with van der Waals surface area (Å²) in [5.41, 5.74) is 8.42. The molecule has 1 heterocycles. The lowest BCUT2D eigenvalue weighted by Gasteiger charge is -2.04. The fourth-order valence-corrected chi connectivity index (χ4v) is 1.64. The maximum Gasteiger partial charge on any atom is 0.260 e. The molecule has 1 atom stereocenters. The van der Waals surface area contributed by atoms with Gasteiger partial charge in [-0.1, -0.05) is 16.8 Å². The molecule has 18 heavy (non-hydrogen) atoms. The molecule has 0 aliphatic carbocycles. The van der Waals surface area contributed by atoms with E-state index in [1.54, 1.807) is 7.11 Å². The minimum absolute atomic E-state index is 0.0605. The molecule has 0 fully saturated rings. The van der Waals surface area contributed by atoms with Gasteiger partial charge in [0.15, 0.2) is 5.82 Å². The number of rotatable bonds is 4. The highest BCUT2D eigenvalue weighted by Gasteiger charge is 2.13. The van der Waals surface area contributed by atoms with Crippen LogP contribution < -0.4 is 5.73 Å². The van der Waals surface area contributed by atoms with E-state index in [1.807, 2.05) is 32.0 Å². The van der Waals surface area contributed by atoms with Crippen molar-refractivity contribution < 1.29 is 9.26 Å². The van der Waals surface area contributed by atoms with Crippen LogP contribution in [0.25, 0.3) is 11.5 Å². The van der Waals surface area contributed by atoms with E-state index in [1.165, 1.54) is 0 Å². The molecule has 0 spiro atoms. The van der Waals surface area contributed by atoms with Crippen LogP contribution in [0.2, 0.25) is 0 Å². The zero-order valence-corrected chi connectivity index (χ0v) is 10.8. The lowest BCUT2D eigenvalue weighted by molar-refractivity contribution is 0.116. The SMILES string of the molecule is COC(C)Cc1noc(-c2cc(C)ccc2N)n1. The van der Waals surface area contributed by atoms with Crippen molar-refractivity contribution in [3.8, 4) is 11.5 Å². The van der Waals surface area contributed by atoms with Crippen LogP contribution in [-0.4, -0.2) is 23.4 Å². The Balaban J connectivity index is 2.26. The van der Waals surface area contributed by atoms with Crippen molar-refractivity contribution in [3.63, 3.8) is 0 Å². The Morgan fingerprint density at radius 2 is 2.22 bits per heavy atom.